The van der Waals surface area contributed by atoms with E-state index in [9.17, 15) is 0 Å². The minimum Gasteiger partial charge on any atom is -0.491 e. The Balaban J connectivity index is 2.09. The van der Waals surface area contributed by atoms with Gasteiger partial charge in [0.2, 0.25) is 0 Å². The number of benzene rings is 1. The Morgan fingerprint density at radius 1 is 1.05 bits per heavy atom. The molecule has 0 aliphatic carbocycles. The molecule has 4 nitrogen and oxygen atoms in total. The summed E-state index contributed by atoms with van der Waals surface area (Å²) in [7, 11) is 4.15. The molecule has 0 radical (unpaired) electrons. The average molecular weight is 294 g/mol. The Labute approximate surface area is 129 Å². The Bertz CT molecular complexity index is 364. The molecule has 0 amide bonds. The number of hydrogen-bond acceptors (Lipinski definition) is 4. The van der Waals surface area contributed by atoms with E-state index in [1.165, 1.54) is 5.56 Å². The van der Waals surface area contributed by atoms with Crippen LogP contribution in [0.1, 0.15) is 25.8 Å². The average Bonchev–Trinajstić information content (AvgIpc) is 2.45. The third-order valence-electron chi connectivity index (χ3n) is 3.03. The summed E-state index contributed by atoms with van der Waals surface area (Å²) in [6.45, 7) is 8.29. The maximum absolute atomic E-state index is 5.66. The Morgan fingerprint density at radius 3 is 2.38 bits per heavy atom. The van der Waals surface area contributed by atoms with Crippen LogP contribution in [-0.2, 0) is 11.3 Å². The predicted octanol–water partition coefficient (Wildman–Crippen LogP) is 2.53. The molecule has 1 rings (SSSR count). The summed E-state index contributed by atoms with van der Waals surface area (Å²) in [6, 6.07) is 8.74. The highest BCUT2D eigenvalue weighted by Crippen LogP contribution is 2.12. The SMILES string of the molecule is CC(C)NCc1ccc(OCCOCCCN(C)C)cc1. The van der Waals surface area contributed by atoms with E-state index in [2.05, 4.69) is 50.3 Å². The monoisotopic (exact) mass is 294 g/mol. The number of nitrogens with one attached hydrogen (secondary N) is 1. The Hall–Kier alpha value is -1.10. The molecule has 0 heterocycles. The van der Waals surface area contributed by atoms with E-state index in [4.69, 9.17) is 9.47 Å². The van der Waals surface area contributed by atoms with E-state index >= 15 is 0 Å². The zero-order chi connectivity index (χ0) is 15.5. The van der Waals surface area contributed by atoms with Crippen LogP contribution in [0.5, 0.6) is 5.75 Å². The molecule has 0 saturated carbocycles. The second-order valence-corrected chi connectivity index (χ2v) is 5.80. The van der Waals surface area contributed by atoms with Gasteiger partial charge in [-0.05, 0) is 44.8 Å². The van der Waals surface area contributed by atoms with Gasteiger partial charge in [0.05, 0.1) is 6.61 Å². The second kappa shape index (κ2) is 10.6. The fraction of sp³-hybridized carbons (Fsp3) is 0.647. The van der Waals surface area contributed by atoms with Crippen molar-refractivity contribution in [2.45, 2.75) is 32.9 Å². The lowest BCUT2D eigenvalue weighted by Crippen LogP contribution is -2.21. The topological polar surface area (TPSA) is 33.7 Å². The molecular weight excluding hydrogens is 264 g/mol. The van der Waals surface area contributed by atoms with Gasteiger partial charge in [-0.1, -0.05) is 26.0 Å². The van der Waals surface area contributed by atoms with Crippen LogP contribution in [0.2, 0.25) is 0 Å². The van der Waals surface area contributed by atoms with Crippen molar-refractivity contribution in [2.75, 3.05) is 40.5 Å². The van der Waals surface area contributed by atoms with Crippen molar-refractivity contribution < 1.29 is 9.47 Å². The molecule has 21 heavy (non-hydrogen) atoms. The van der Waals surface area contributed by atoms with Crippen molar-refractivity contribution in [3.63, 3.8) is 0 Å². The van der Waals surface area contributed by atoms with Crippen LogP contribution in [0.15, 0.2) is 24.3 Å². The van der Waals surface area contributed by atoms with Crippen molar-refractivity contribution in [3.05, 3.63) is 29.8 Å². The van der Waals surface area contributed by atoms with Crippen molar-refractivity contribution in [2.24, 2.45) is 0 Å². The Morgan fingerprint density at radius 2 is 1.76 bits per heavy atom. The van der Waals surface area contributed by atoms with Gasteiger partial charge in [-0.15, -0.1) is 0 Å². The summed E-state index contributed by atoms with van der Waals surface area (Å²) in [5.41, 5.74) is 1.27. The minimum absolute atomic E-state index is 0.505. The van der Waals surface area contributed by atoms with Gasteiger partial charge in [-0.2, -0.15) is 0 Å². The summed E-state index contributed by atoms with van der Waals surface area (Å²) in [5, 5.41) is 3.40. The highest BCUT2D eigenvalue weighted by atomic mass is 16.5. The van der Waals surface area contributed by atoms with Crippen molar-refractivity contribution in [1.29, 1.82) is 0 Å². The molecule has 0 aliphatic rings. The zero-order valence-electron chi connectivity index (χ0n) is 13.9. The van der Waals surface area contributed by atoms with E-state index < -0.39 is 0 Å². The van der Waals surface area contributed by atoms with Crippen LogP contribution in [0.4, 0.5) is 0 Å². The quantitative estimate of drug-likeness (QED) is 0.636. The predicted molar refractivity (Wildman–Crippen MR) is 87.9 cm³/mol. The van der Waals surface area contributed by atoms with Crippen molar-refractivity contribution >= 4 is 0 Å². The first-order valence-corrected chi connectivity index (χ1v) is 7.75. The normalized spacial score (nSPS) is 11.3. The van der Waals surface area contributed by atoms with Crippen molar-refractivity contribution in [1.82, 2.24) is 10.2 Å². The van der Waals surface area contributed by atoms with E-state index in [0.29, 0.717) is 19.3 Å². The number of hydrogen-bond donors (Lipinski definition) is 1. The fourth-order valence-electron chi connectivity index (χ4n) is 1.83. The highest BCUT2D eigenvalue weighted by molar-refractivity contribution is 5.27. The molecule has 0 aliphatic heterocycles. The summed E-state index contributed by atoms with van der Waals surface area (Å²) < 4.78 is 11.2. The van der Waals surface area contributed by atoms with Crippen LogP contribution >= 0.6 is 0 Å². The van der Waals surface area contributed by atoms with Crippen LogP contribution < -0.4 is 10.1 Å². The molecule has 4 heteroatoms. The number of nitrogens with zero attached hydrogens (tertiary/aromatic N) is 1. The lowest BCUT2D eigenvalue weighted by molar-refractivity contribution is 0.0946. The van der Waals surface area contributed by atoms with Gasteiger partial charge >= 0.3 is 0 Å². The third-order valence-corrected chi connectivity index (χ3v) is 3.03. The van der Waals surface area contributed by atoms with Crippen LogP contribution in [0.3, 0.4) is 0 Å². The lowest BCUT2D eigenvalue weighted by atomic mass is 10.2. The maximum atomic E-state index is 5.66. The minimum atomic E-state index is 0.505. The van der Waals surface area contributed by atoms with Gasteiger partial charge in [0.15, 0.2) is 0 Å². The summed E-state index contributed by atoms with van der Waals surface area (Å²) in [4.78, 5) is 2.16. The maximum Gasteiger partial charge on any atom is 0.119 e. The van der Waals surface area contributed by atoms with Gasteiger partial charge < -0.3 is 19.7 Å². The zero-order valence-corrected chi connectivity index (χ0v) is 13.9. The van der Waals surface area contributed by atoms with Crippen LogP contribution in [-0.4, -0.2) is 51.4 Å². The molecular formula is C17H30N2O2. The van der Waals surface area contributed by atoms with Crippen LogP contribution in [0.25, 0.3) is 0 Å². The van der Waals surface area contributed by atoms with E-state index in [1.54, 1.807) is 0 Å². The molecule has 1 aromatic carbocycles. The fourth-order valence-corrected chi connectivity index (χ4v) is 1.83. The number of rotatable bonds is 11. The summed E-state index contributed by atoms with van der Waals surface area (Å²) in [5.74, 6) is 0.903. The number of ether oxygens (including phenoxy) is 2. The molecule has 0 unspecified atom stereocenters. The van der Waals surface area contributed by atoms with Crippen LogP contribution in [0, 0.1) is 0 Å². The molecule has 1 aromatic rings. The molecule has 1 N–H and O–H groups in total. The van der Waals surface area contributed by atoms with Gasteiger partial charge in [-0.3, -0.25) is 0 Å². The summed E-state index contributed by atoms with van der Waals surface area (Å²) in [6.07, 6.45) is 1.06. The van der Waals surface area contributed by atoms with E-state index in [1.807, 2.05) is 12.1 Å². The molecule has 0 atom stereocenters. The molecule has 0 aromatic heterocycles. The molecule has 0 fully saturated rings. The van der Waals surface area contributed by atoms with Gasteiger partial charge in [0, 0.05) is 19.2 Å². The first-order valence-electron chi connectivity index (χ1n) is 7.75. The largest absolute Gasteiger partial charge is 0.491 e. The smallest absolute Gasteiger partial charge is 0.119 e. The van der Waals surface area contributed by atoms with E-state index in [-0.39, 0.29) is 0 Å². The molecule has 0 bridgehead atoms. The lowest BCUT2D eigenvalue weighted by Gasteiger charge is -2.11. The van der Waals surface area contributed by atoms with Gasteiger partial charge in [-0.25, -0.2) is 0 Å². The standard InChI is InChI=1S/C17H30N2O2/c1-15(2)18-14-16-6-8-17(9-7-16)21-13-12-20-11-5-10-19(3)4/h6-9,15,18H,5,10-14H2,1-4H3. The van der Waals surface area contributed by atoms with E-state index in [0.717, 1.165) is 31.9 Å². The highest BCUT2D eigenvalue weighted by Gasteiger charge is 1.98. The van der Waals surface area contributed by atoms with Gasteiger partial charge in [0.1, 0.15) is 12.4 Å². The molecule has 0 saturated heterocycles. The molecule has 120 valence electrons. The summed E-state index contributed by atoms with van der Waals surface area (Å²) >= 11 is 0. The second-order valence-electron chi connectivity index (χ2n) is 5.80. The van der Waals surface area contributed by atoms with Crippen molar-refractivity contribution in [3.8, 4) is 5.75 Å². The Kier molecular flexibility index (Phi) is 9.06. The molecule has 0 spiro atoms. The third kappa shape index (κ3) is 9.45. The van der Waals surface area contributed by atoms with Gasteiger partial charge in [0.25, 0.3) is 0 Å². The first kappa shape index (κ1) is 18.0. The first-order chi connectivity index (χ1) is 10.1.